The molecule has 0 heterocycles. The van der Waals surface area contributed by atoms with Gasteiger partial charge in [-0.05, 0) is 61.0 Å². The van der Waals surface area contributed by atoms with E-state index in [1.807, 2.05) is 18.2 Å². The topological polar surface area (TPSA) is 42.5 Å². The molecule has 2 aliphatic rings. The first-order chi connectivity index (χ1) is 10.7. The van der Waals surface area contributed by atoms with Gasteiger partial charge in [-0.2, -0.15) is 0 Å². The van der Waals surface area contributed by atoms with Gasteiger partial charge in [-0.15, -0.1) is 0 Å². The van der Waals surface area contributed by atoms with Crippen molar-refractivity contribution >= 4 is 17.3 Å². The Hall–Kier alpha value is -1.49. The summed E-state index contributed by atoms with van der Waals surface area (Å²) < 4.78 is 10.6. The Morgan fingerprint density at radius 2 is 2.00 bits per heavy atom. The zero-order valence-corrected chi connectivity index (χ0v) is 14.0. The van der Waals surface area contributed by atoms with Gasteiger partial charge in [-0.1, -0.05) is 12.5 Å². The lowest BCUT2D eigenvalue weighted by Gasteiger charge is -2.24. The number of benzene rings is 1. The molecule has 22 heavy (non-hydrogen) atoms. The second-order valence-corrected chi connectivity index (χ2v) is 6.71. The minimum absolute atomic E-state index is 0.573. The lowest BCUT2D eigenvalue weighted by molar-refractivity contribution is 0.354. The van der Waals surface area contributed by atoms with Crippen molar-refractivity contribution in [1.29, 1.82) is 0 Å². The number of hydrogen-bond acceptors (Lipinski definition) is 3. The summed E-state index contributed by atoms with van der Waals surface area (Å²) in [7, 11) is 3.29. The Labute approximate surface area is 137 Å². The van der Waals surface area contributed by atoms with E-state index in [-0.39, 0.29) is 0 Å². The van der Waals surface area contributed by atoms with Crippen molar-refractivity contribution < 1.29 is 9.47 Å². The standard InChI is InChI=1S/C17H24N2O2S/c1-20-15-6-4-12(9-16(15)21-2)10-18-17(22)19-14-8-11-3-5-13(14)7-11/h4,6,9,11,13-14H,3,5,7-8,10H2,1-2H3,(H2,18,19,22). The summed E-state index contributed by atoms with van der Waals surface area (Å²) in [5.74, 6) is 3.24. The molecule has 0 aromatic heterocycles. The van der Waals surface area contributed by atoms with Gasteiger partial charge in [-0.3, -0.25) is 0 Å². The Bertz CT molecular complexity index is 549. The van der Waals surface area contributed by atoms with Crippen molar-refractivity contribution in [3.8, 4) is 11.5 Å². The van der Waals surface area contributed by atoms with Gasteiger partial charge in [-0.25, -0.2) is 0 Å². The third-order valence-corrected chi connectivity index (χ3v) is 5.22. The highest BCUT2D eigenvalue weighted by Crippen LogP contribution is 2.44. The van der Waals surface area contributed by atoms with E-state index in [9.17, 15) is 0 Å². The summed E-state index contributed by atoms with van der Waals surface area (Å²) in [5, 5.41) is 7.55. The van der Waals surface area contributed by atoms with Gasteiger partial charge in [0.15, 0.2) is 16.6 Å². The molecule has 0 radical (unpaired) electrons. The van der Waals surface area contributed by atoms with E-state index in [0.717, 1.165) is 34.0 Å². The minimum atomic E-state index is 0.573. The summed E-state index contributed by atoms with van der Waals surface area (Å²) in [5.41, 5.74) is 1.12. The maximum absolute atomic E-state index is 5.44. The van der Waals surface area contributed by atoms with Crippen molar-refractivity contribution in [3.05, 3.63) is 23.8 Å². The quantitative estimate of drug-likeness (QED) is 0.817. The van der Waals surface area contributed by atoms with Crippen LogP contribution in [0.15, 0.2) is 18.2 Å². The van der Waals surface area contributed by atoms with Crippen LogP contribution >= 0.6 is 12.2 Å². The third kappa shape index (κ3) is 3.29. The Morgan fingerprint density at radius 3 is 2.64 bits per heavy atom. The number of methoxy groups -OCH3 is 2. The zero-order valence-electron chi connectivity index (χ0n) is 13.2. The monoisotopic (exact) mass is 320 g/mol. The van der Waals surface area contributed by atoms with E-state index in [1.165, 1.54) is 25.7 Å². The second kappa shape index (κ2) is 6.73. The molecule has 0 spiro atoms. The molecule has 1 aromatic carbocycles. The van der Waals surface area contributed by atoms with Crippen LogP contribution in [0.3, 0.4) is 0 Å². The predicted molar refractivity (Wildman–Crippen MR) is 91.4 cm³/mol. The predicted octanol–water partition coefficient (Wildman–Crippen LogP) is 2.86. The smallest absolute Gasteiger partial charge is 0.166 e. The maximum Gasteiger partial charge on any atom is 0.166 e. The van der Waals surface area contributed by atoms with Crippen molar-refractivity contribution in [3.63, 3.8) is 0 Å². The molecule has 5 heteroatoms. The molecule has 2 fully saturated rings. The van der Waals surface area contributed by atoms with Crippen LogP contribution < -0.4 is 20.1 Å². The molecule has 0 amide bonds. The highest BCUT2D eigenvalue weighted by molar-refractivity contribution is 7.80. The molecule has 4 nitrogen and oxygen atoms in total. The minimum Gasteiger partial charge on any atom is -0.493 e. The Morgan fingerprint density at radius 1 is 1.18 bits per heavy atom. The largest absolute Gasteiger partial charge is 0.493 e. The van der Waals surface area contributed by atoms with Crippen molar-refractivity contribution in [2.45, 2.75) is 38.3 Å². The molecule has 120 valence electrons. The van der Waals surface area contributed by atoms with Gasteiger partial charge < -0.3 is 20.1 Å². The van der Waals surface area contributed by atoms with Crippen LogP contribution in [0.4, 0.5) is 0 Å². The molecule has 3 rings (SSSR count). The molecule has 3 atom stereocenters. The van der Waals surface area contributed by atoms with Crippen LogP contribution in [-0.2, 0) is 6.54 Å². The molecule has 1 aromatic rings. The van der Waals surface area contributed by atoms with E-state index < -0.39 is 0 Å². The fourth-order valence-electron chi connectivity index (χ4n) is 3.81. The first kappa shape index (κ1) is 15.4. The highest BCUT2D eigenvalue weighted by atomic mass is 32.1. The SMILES string of the molecule is COc1ccc(CNC(=S)NC2CC3CCC2C3)cc1OC. The van der Waals surface area contributed by atoms with Gasteiger partial charge in [0.25, 0.3) is 0 Å². The average Bonchev–Trinajstić information content (AvgIpc) is 3.15. The van der Waals surface area contributed by atoms with Crippen LogP contribution in [0.25, 0.3) is 0 Å². The number of hydrogen-bond donors (Lipinski definition) is 2. The van der Waals surface area contributed by atoms with Crippen molar-refractivity contribution in [2.24, 2.45) is 11.8 Å². The molecule has 3 unspecified atom stereocenters. The summed E-state index contributed by atoms with van der Waals surface area (Å²) in [6, 6.07) is 6.49. The summed E-state index contributed by atoms with van der Waals surface area (Å²) in [6.07, 6.45) is 5.44. The normalized spacial score (nSPS) is 25.8. The molecule has 0 aliphatic heterocycles. The number of ether oxygens (including phenoxy) is 2. The van der Waals surface area contributed by atoms with Crippen LogP contribution in [0.5, 0.6) is 11.5 Å². The summed E-state index contributed by atoms with van der Waals surface area (Å²) in [6.45, 7) is 0.688. The van der Waals surface area contributed by atoms with Crippen LogP contribution in [0.2, 0.25) is 0 Å². The van der Waals surface area contributed by atoms with Crippen LogP contribution in [-0.4, -0.2) is 25.4 Å². The number of nitrogens with one attached hydrogen (secondary N) is 2. The van der Waals surface area contributed by atoms with Gasteiger partial charge in [0, 0.05) is 12.6 Å². The lowest BCUT2D eigenvalue weighted by atomic mass is 9.96. The Balaban J connectivity index is 1.50. The molecule has 2 saturated carbocycles. The fraction of sp³-hybridized carbons (Fsp3) is 0.588. The van der Waals surface area contributed by atoms with Crippen molar-refractivity contribution in [1.82, 2.24) is 10.6 Å². The van der Waals surface area contributed by atoms with E-state index in [4.69, 9.17) is 21.7 Å². The highest BCUT2D eigenvalue weighted by Gasteiger charge is 2.39. The lowest BCUT2D eigenvalue weighted by Crippen LogP contribution is -2.43. The molecule has 0 saturated heterocycles. The van der Waals surface area contributed by atoms with Gasteiger partial charge in [0.05, 0.1) is 14.2 Å². The Kier molecular flexibility index (Phi) is 4.71. The van der Waals surface area contributed by atoms with E-state index in [0.29, 0.717) is 12.6 Å². The van der Waals surface area contributed by atoms with E-state index >= 15 is 0 Å². The molecule has 2 N–H and O–H groups in total. The summed E-state index contributed by atoms with van der Waals surface area (Å²) >= 11 is 5.44. The number of thiocarbonyl (C=S) groups is 1. The average molecular weight is 320 g/mol. The fourth-order valence-corrected chi connectivity index (χ4v) is 4.04. The number of rotatable bonds is 5. The van der Waals surface area contributed by atoms with Gasteiger partial charge in [0.1, 0.15) is 0 Å². The van der Waals surface area contributed by atoms with Crippen molar-refractivity contribution in [2.75, 3.05) is 14.2 Å². The van der Waals surface area contributed by atoms with Gasteiger partial charge >= 0.3 is 0 Å². The number of fused-ring (bicyclic) bond motifs is 2. The molecule has 2 bridgehead atoms. The molecule has 2 aliphatic carbocycles. The molecular formula is C17H24N2O2S. The van der Waals surface area contributed by atoms with E-state index in [2.05, 4.69) is 10.6 Å². The third-order valence-electron chi connectivity index (χ3n) is 4.96. The van der Waals surface area contributed by atoms with E-state index in [1.54, 1.807) is 14.2 Å². The zero-order chi connectivity index (χ0) is 15.5. The second-order valence-electron chi connectivity index (χ2n) is 6.30. The van der Waals surface area contributed by atoms with Crippen LogP contribution in [0, 0.1) is 11.8 Å². The van der Waals surface area contributed by atoms with Gasteiger partial charge in [0.2, 0.25) is 0 Å². The molecular weight excluding hydrogens is 296 g/mol. The first-order valence-electron chi connectivity index (χ1n) is 7.95. The van der Waals surface area contributed by atoms with Crippen LogP contribution in [0.1, 0.15) is 31.2 Å². The summed E-state index contributed by atoms with van der Waals surface area (Å²) in [4.78, 5) is 0. The maximum atomic E-state index is 5.44. The first-order valence-corrected chi connectivity index (χ1v) is 8.35.